The smallest absolute Gasteiger partial charge is 0.244 e. The van der Waals surface area contributed by atoms with Crippen LogP contribution in [0.25, 0.3) is 6.08 Å². The van der Waals surface area contributed by atoms with Gasteiger partial charge in [-0.1, -0.05) is 24.3 Å². The number of amides is 1. The van der Waals surface area contributed by atoms with Crippen molar-refractivity contribution >= 4 is 12.0 Å². The zero-order valence-corrected chi connectivity index (χ0v) is 15.0. The van der Waals surface area contributed by atoms with Crippen molar-refractivity contribution in [2.75, 3.05) is 7.11 Å². The van der Waals surface area contributed by atoms with Gasteiger partial charge in [-0.05, 0) is 73.7 Å². The largest absolute Gasteiger partial charge is 0.497 e. The van der Waals surface area contributed by atoms with Crippen molar-refractivity contribution in [3.63, 3.8) is 0 Å². The summed E-state index contributed by atoms with van der Waals surface area (Å²) < 4.78 is 5.12. The standard InChI is InChI=1S/C21H25NO2/c1-14-12-16(3)20(13-15(14)2)17(4)22-21(23)11-8-18-6-9-19(24-5)10-7-18/h6-13,17H,1-5H3,(H,22,23)/b11-8+/t17-/m1/s1. The van der Waals surface area contributed by atoms with E-state index < -0.39 is 0 Å². The molecule has 0 unspecified atom stereocenters. The van der Waals surface area contributed by atoms with Gasteiger partial charge in [0, 0.05) is 6.08 Å². The topological polar surface area (TPSA) is 38.3 Å². The van der Waals surface area contributed by atoms with Gasteiger partial charge in [-0.25, -0.2) is 0 Å². The predicted octanol–water partition coefficient (Wildman–Crippen LogP) is 4.51. The van der Waals surface area contributed by atoms with E-state index in [0.29, 0.717) is 0 Å². The van der Waals surface area contributed by atoms with Gasteiger partial charge in [0.2, 0.25) is 5.91 Å². The summed E-state index contributed by atoms with van der Waals surface area (Å²) in [7, 11) is 1.63. The fraction of sp³-hybridized carbons (Fsp3) is 0.286. The first-order valence-corrected chi connectivity index (χ1v) is 8.11. The molecule has 2 rings (SSSR count). The molecule has 0 aliphatic heterocycles. The summed E-state index contributed by atoms with van der Waals surface area (Å²) in [4.78, 5) is 12.2. The molecule has 2 aromatic carbocycles. The number of nitrogens with one attached hydrogen (secondary N) is 1. The number of benzene rings is 2. The fourth-order valence-electron chi connectivity index (χ4n) is 2.68. The lowest BCUT2D eigenvalue weighted by atomic mass is 9.96. The quantitative estimate of drug-likeness (QED) is 0.822. The second-order valence-corrected chi connectivity index (χ2v) is 6.13. The van der Waals surface area contributed by atoms with Gasteiger partial charge in [0.15, 0.2) is 0 Å². The SMILES string of the molecule is COc1ccc(/C=C/C(=O)N[C@H](C)c2cc(C)c(C)cc2C)cc1. The van der Waals surface area contributed by atoms with Crippen LogP contribution in [0.4, 0.5) is 0 Å². The van der Waals surface area contributed by atoms with Crippen molar-refractivity contribution in [1.82, 2.24) is 5.32 Å². The van der Waals surface area contributed by atoms with E-state index in [-0.39, 0.29) is 11.9 Å². The maximum Gasteiger partial charge on any atom is 0.244 e. The molecular formula is C21H25NO2. The second-order valence-electron chi connectivity index (χ2n) is 6.13. The summed E-state index contributed by atoms with van der Waals surface area (Å²) in [5.74, 6) is 0.700. The van der Waals surface area contributed by atoms with Crippen molar-refractivity contribution in [3.8, 4) is 5.75 Å². The number of methoxy groups -OCH3 is 1. The summed E-state index contributed by atoms with van der Waals surface area (Å²) in [5.41, 5.74) is 5.83. The van der Waals surface area contributed by atoms with E-state index >= 15 is 0 Å². The first-order chi connectivity index (χ1) is 11.4. The van der Waals surface area contributed by atoms with Gasteiger partial charge in [-0.3, -0.25) is 4.79 Å². The van der Waals surface area contributed by atoms with Crippen molar-refractivity contribution in [2.45, 2.75) is 33.7 Å². The molecule has 2 aromatic rings. The van der Waals surface area contributed by atoms with Crippen LogP contribution in [-0.4, -0.2) is 13.0 Å². The minimum absolute atomic E-state index is 0.0303. The van der Waals surface area contributed by atoms with Gasteiger partial charge >= 0.3 is 0 Å². The molecule has 24 heavy (non-hydrogen) atoms. The first kappa shape index (κ1) is 17.8. The maximum atomic E-state index is 12.2. The molecule has 1 N–H and O–H groups in total. The number of aryl methyl sites for hydroxylation is 3. The molecule has 0 spiro atoms. The maximum absolute atomic E-state index is 12.2. The summed E-state index contributed by atoms with van der Waals surface area (Å²) in [5, 5.41) is 3.03. The Hall–Kier alpha value is -2.55. The Morgan fingerprint density at radius 1 is 1.04 bits per heavy atom. The highest BCUT2D eigenvalue weighted by Gasteiger charge is 2.11. The van der Waals surface area contributed by atoms with Gasteiger partial charge in [0.1, 0.15) is 5.75 Å². The average molecular weight is 323 g/mol. The van der Waals surface area contributed by atoms with Crippen molar-refractivity contribution in [1.29, 1.82) is 0 Å². The normalized spacial score (nSPS) is 12.2. The molecule has 0 aliphatic carbocycles. The van der Waals surface area contributed by atoms with E-state index in [2.05, 4.69) is 38.2 Å². The van der Waals surface area contributed by atoms with E-state index in [4.69, 9.17) is 4.74 Å². The van der Waals surface area contributed by atoms with Crippen molar-refractivity contribution in [3.05, 3.63) is 70.3 Å². The molecule has 0 radical (unpaired) electrons. The molecule has 0 saturated carbocycles. The predicted molar refractivity (Wildman–Crippen MR) is 99.2 cm³/mol. The van der Waals surface area contributed by atoms with Crippen LogP contribution in [0.3, 0.4) is 0 Å². The van der Waals surface area contributed by atoms with Crippen LogP contribution in [0.1, 0.15) is 40.8 Å². The first-order valence-electron chi connectivity index (χ1n) is 8.11. The molecule has 126 valence electrons. The minimum atomic E-state index is -0.101. The number of carbonyl (C=O) groups excluding carboxylic acids is 1. The molecule has 1 amide bonds. The van der Waals surface area contributed by atoms with Gasteiger partial charge in [-0.2, -0.15) is 0 Å². The number of rotatable bonds is 5. The Labute approximate surface area is 144 Å². The highest BCUT2D eigenvalue weighted by atomic mass is 16.5. The number of carbonyl (C=O) groups is 1. The average Bonchev–Trinajstić information content (AvgIpc) is 2.56. The third-order valence-corrected chi connectivity index (χ3v) is 4.25. The highest BCUT2D eigenvalue weighted by molar-refractivity contribution is 5.92. The van der Waals surface area contributed by atoms with Crippen LogP contribution in [0.2, 0.25) is 0 Å². The lowest BCUT2D eigenvalue weighted by Crippen LogP contribution is -2.25. The van der Waals surface area contributed by atoms with E-state index in [1.807, 2.05) is 31.2 Å². The fourth-order valence-corrected chi connectivity index (χ4v) is 2.68. The summed E-state index contributed by atoms with van der Waals surface area (Å²) >= 11 is 0. The van der Waals surface area contributed by atoms with E-state index in [0.717, 1.165) is 16.9 Å². The second kappa shape index (κ2) is 7.82. The van der Waals surface area contributed by atoms with E-state index in [1.54, 1.807) is 19.3 Å². The van der Waals surface area contributed by atoms with Crippen molar-refractivity contribution in [2.24, 2.45) is 0 Å². The van der Waals surface area contributed by atoms with E-state index in [1.165, 1.54) is 16.7 Å². The number of ether oxygens (including phenoxy) is 1. The molecule has 0 saturated heterocycles. The molecule has 3 nitrogen and oxygen atoms in total. The molecule has 0 aromatic heterocycles. The van der Waals surface area contributed by atoms with Crippen LogP contribution < -0.4 is 10.1 Å². The Morgan fingerprint density at radius 3 is 2.29 bits per heavy atom. The van der Waals surface area contributed by atoms with Crippen molar-refractivity contribution < 1.29 is 9.53 Å². The molecule has 1 atom stereocenters. The van der Waals surface area contributed by atoms with Crippen LogP contribution in [0.15, 0.2) is 42.5 Å². The Bertz CT molecular complexity index is 745. The van der Waals surface area contributed by atoms with Gasteiger partial charge in [0.25, 0.3) is 0 Å². The van der Waals surface area contributed by atoms with Gasteiger partial charge < -0.3 is 10.1 Å². The molecule has 0 bridgehead atoms. The Balaban J connectivity index is 2.03. The minimum Gasteiger partial charge on any atom is -0.497 e. The molecule has 0 fully saturated rings. The summed E-state index contributed by atoms with van der Waals surface area (Å²) in [6, 6.07) is 11.9. The lowest BCUT2D eigenvalue weighted by Gasteiger charge is -2.17. The van der Waals surface area contributed by atoms with Crippen LogP contribution >= 0.6 is 0 Å². The number of hydrogen-bond donors (Lipinski definition) is 1. The monoisotopic (exact) mass is 323 g/mol. The van der Waals surface area contributed by atoms with Crippen LogP contribution in [0.5, 0.6) is 5.75 Å². The summed E-state index contributed by atoms with van der Waals surface area (Å²) in [6.07, 6.45) is 3.36. The Morgan fingerprint density at radius 2 is 1.67 bits per heavy atom. The zero-order chi connectivity index (χ0) is 17.7. The highest BCUT2D eigenvalue weighted by Crippen LogP contribution is 2.21. The molecule has 3 heteroatoms. The molecule has 0 aliphatic rings. The molecular weight excluding hydrogens is 298 g/mol. The van der Waals surface area contributed by atoms with E-state index in [9.17, 15) is 4.79 Å². The molecule has 0 heterocycles. The van der Waals surface area contributed by atoms with Crippen LogP contribution in [-0.2, 0) is 4.79 Å². The van der Waals surface area contributed by atoms with Crippen LogP contribution in [0, 0.1) is 20.8 Å². The third kappa shape index (κ3) is 4.48. The lowest BCUT2D eigenvalue weighted by molar-refractivity contribution is -0.117. The zero-order valence-electron chi connectivity index (χ0n) is 15.0. The van der Waals surface area contributed by atoms with Gasteiger partial charge in [-0.15, -0.1) is 0 Å². The van der Waals surface area contributed by atoms with Gasteiger partial charge in [0.05, 0.1) is 13.2 Å². The number of hydrogen-bond acceptors (Lipinski definition) is 2. The third-order valence-electron chi connectivity index (χ3n) is 4.25. The summed E-state index contributed by atoms with van der Waals surface area (Å²) in [6.45, 7) is 8.29. The Kier molecular flexibility index (Phi) is 5.80.